The Morgan fingerprint density at radius 3 is 3.00 bits per heavy atom. The summed E-state index contributed by atoms with van der Waals surface area (Å²) in [7, 11) is 0. The highest BCUT2D eigenvalue weighted by Gasteiger charge is 2.30. The molecule has 2 rings (SSSR count). The van der Waals surface area contributed by atoms with Crippen LogP contribution in [0.5, 0.6) is 0 Å². The topological polar surface area (TPSA) is 42.4 Å². The van der Waals surface area contributed by atoms with E-state index in [2.05, 4.69) is 4.98 Å². The van der Waals surface area contributed by atoms with Gasteiger partial charge in [0.15, 0.2) is 0 Å². The molecule has 0 aliphatic carbocycles. The highest BCUT2D eigenvalue weighted by Crippen LogP contribution is 2.18. The van der Waals surface area contributed by atoms with Crippen LogP contribution in [-0.2, 0) is 4.74 Å². The first kappa shape index (κ1) is 11.1. The van der Waals surface area contributed by atoms with Crippen LogP contribution in [0.1, 0.15) is 24.2 Å². The molecule has 4 nitrogen and oxygen atoms in total. The van der Waals surface area contributed by atoms with Gasteiger partial charge < -0.3 is 9.64 Å². The van der Waals surface area contributed by atoms with Crippen LogP contribution in [0.4, 0.5) is 0 Å². The van der Waals surface area contributed by atoms with Gasteiger partial charge in [0.05, 0.1) is 17.8 Å². The Labute approximate surface area is 95.2 Å². The number of pyridine rings is 1. The molecule has 0 unspecified atom stereocenters. The first-order chi connectivity index (χ1) is 7.58. The third-order valence-electron chi connectivity index (χ3n) is 2.62. The molecular formula is C12H16N2O2. The fourth-order valence-electron chi connectivity index (χ4n) is 1.86. The zero-order valence-corrected chi connectivity index (χ0v) is 9.64. The highest BCUT2D eigenvalue weighted by molar-refractivity contribution is 5.93. The number of amides is 1. The van der Waals surface area contributed by atoms with E-state index in [9.17, 15) is 4.79 Å². The molecule has 0 aromatic carbocycles. The second kappa shape index (κ2) is 4.22. The second-order valence-corrected chi connectivity index (χ2v) is 4.58. The van der Waals surface area contributed by atoms with E-state index in [0.29, 0.717) is 25.3 Å². The first-order valence-electron chi connectivity index (χ1n) is 5.42. The van der Waals surface area contributed by atoms with Crippen LogP contribution >= 0.6 is 0 Å². The van der Waals surface area contributed by atoms with Crippen molar-refractivity contribution >= 4 is 5.91 Å². The van der Waals surface area contributed by atoms with Crippen molar-refractivity contribution in [3.63, 3.8) is 0 Å². The largest absolute Gasteiger partial charge is 0.372 e. The lowest BCUT2D eigenvalue weighted by Gasteiger charge is -2.38. The lowest BCUT2D eigenvalue weighted by atomic mass is 10.1. The predicted molar refractivity (Wildman–Crippen MR) is 60.2 cm³/mol. The average Bonchev–Trinajstić information content (AvgIpc) is 2.28. The van der Waals surface area contributed by atoms with Crippen molar-refractivity contribution in [2.75, 3.05) is 19.7 Å². The summed E-state index contributed by atoms with van der Waals surface area (Å²) in [6, 6.07) is 3.57. The minimum Gasteiger partial charge on any atom is -0.372 e. The maximum Gasteiger partial charge on any atom is 0.255 e. The zero-order chi connectivity index (χ0) is 11.6. The summed E-state index contributed by atoms with van der Waals surface area (Å²) in [6.45, 7) is 5.86. The van der Waals surface area contributed by atoms with Crippen molar-refractivity contribution in [3.8, 4) is 0 Å². The number of morpholine rings is 1. The van der Waals surface area contributed by atoms with Gasteiger partial charge in [-0.3, -0.25) is 9.78 Å². The number of carbonyl (C=O) groups is 1. The van der Waals surface area contributed by atoms with E-state index in [1.807, 2.05) is 18.7 Å². The van der Waals surface area contributed by atoms with Crippen LogP contribution < -0.4 is 0 Å². The van der Waals surface area contributed by atoms with E-state index in [1.54, 1.807) is 24.5 Å². The molecular weight excluding hydrogens is 204 g/mol. The molecule has 1 aliphatic rings. The third-order valence-corrected chi connectivity index (χ3v) is 2.62. The summed E-state index contributed by atoms with van der Waals surface area (Å²) >= 11 is 0. The molecule has 1 aromatic heterocycles. The van der Waals surface area contributed by atoms with E-state index in [4.69, 9.17) is 4.74 Å². The molecule has 0 N–H and O–H groups in total. The average molecular weight is 220 g/mol. The van der Waals surface area contributed by atoms with Crippen LogP contribution in [0.15, 0.2) is 24.5 Å². The number of nitrogens with zero attached hydrogens (tertiary/aromatic N) is 2. The van der Waals surface area contributed by atoms with Gasteiger partial charge in [0.25, 0.3) is 5.91 Å². The fraction of sp³-hybridized carbons (Fsp3) is 0.500. The summed E-state index contributed by atoms with van der Waals surface area (Å²) in [5.74, 6) is 0.0319. The Hall–Kier alpha value is -1.42. The van der Waals surface area contributed by atoms with Gasteiger partial charge in [-0.25, -0.2) is 0 Å². The monoisotopic (exact) mass is 220 g/mol. The van der Waals surface area contributed by atoms with Gasteiger partial charge in [-0.15, -0.1) is 0 Å². The SMILES string of the molecule is CC1(C)CN(C(=O)c2cccnc2)CCO1. The predicted octanol–water partition coefficient (Wildman–Crippen LogP) is 1.33. The van der Waals surface area contributed by atoms with E-state index in [1.165, 1.54) is 0 Å². The van der Waals surface area contributed by atoms with Crippen LogP contribution in [-0.4, -0.2) is 41.1 Å². The van der Waals surface area contributed by atoms with Crippen molar-refractivity contribution in [1.29, 1.82) is 0 Å². The molecule has 4 heteroatoms. The van der Waals surface area contributed by atoms with Crippen LogP contribution in [0, 0.1) is 0 Å². The minimum atomic E-state index is -0.254. The summed E-state index contributed by atoms with van der Waals surface area (Å²) in [5, 5.41) is 0. The lowest BCUT2D eigenvalue weighted by Crippen LogP contribution is -2.50. The summed E-state index contributed by atoms with van der Waals surface area (Å²) < 4.78 is 5.57. The molecule has 0 bridgehead atoms. The first-order valence-corrected chi connectivity index (χ1v) is 5.42. The minimum absolute atomic E-state index is 0.0319. The summed E-state index contributed by atoms with van der Waals surface area (Å²) in [5.41, 5.74) is 0.385. The van der Waals surface area contributed by atoms with E-state index >= 15 is 0 Å². The molecule has 0 radical (unpaired) electrons. The highest BCUT2D eigenvalue weighted by atomic mass is 16.5. The quantitative estimate of drug-likeness (QED) is 0.717. The molecule has 2 heterocycles. The van der Waals surface area contributed by atoms with E-state index < -0.39 is 0 Å². The van der Waals surface area contributed by atoms with Gasteiger partial charge in [0.2, 0.25) is 0 Å². The van der Waals surface area contributed by atoms with Gasteiger partial charge >= 0.3 is 0 Å². The lowest BCUT2D eigenvalue weighted by molar-refractivity contribution is -0.0764. The van der Waals surface area contributed by atoms with Gasteiger partial charge in [-0.05, 0) is 26.0 Å². The van der Waals surface area contributed by atoms with Crippen LogP contribution in [0.2, 0.25) is 0 Å². The molecule has 0 atom stereocenters. The van der Waals surface area contributed by atoms with Crippen molar-refractivity contribution in [1.82, 2.24) is 9.88 Å². The molecule has 1 amide bonds. The third kappa shape index (κ3) is 2.39. The van der Waals surface area contributed by atoms with Crippen molar-refractivity contribution in [2.24, 2.45) is 0 Å². The molecule has 1 saturated heterocycles. The van der Waals surface area contributed by atoms with Crippen molar-refractivity contribution in [3.05, 3.63) is 30.1 Å². The Kier molecular flexibility index (Phi) is 2.92. The molecule has 0 spiro atoms. The molecule has 0 saturated carbocycles. The molecule has 16 heavy (non-hydrogen) atoms. The maximum atomic E-state index is 12.1. The van der Waals surface area contributed by atoms with Crippen LogP contribution in [0.25, 0.3) is 0 Å². The maximum absolute atomic E-state index is 12.1. The molecule has 86 valence electrons. The molecule has 1 fully saturated rings. The number of aromatic nitrogens is 1. The fourth-order valence-corrected chi connectivity index (χ4v) is 1.86. The Balaban J connectivity index is 2.11. The smallest absolute Gasteiger partial charge is 0.255 e. The summed E-state index contributed by atoms with van der Waals surface area (Å²) in [4.78, 5) is 17.9. The number of ether oxygens (including phenoxy) is 1. The van der Waals surface area contributed by atoms with Gasteiger partial charge in [-0.1, -0.05) is 0 Å². The number of hydrogen-bond donors (Lipinski definition) is 0. The van der Waals surface area contributed by atoms with E-state index in [-0.39, 0.29) is 11.5 Å². The number of rotatable bonds is 1. The molecule has 1 aromatic rings. The van der Waals surface area contributed by atoms with Crippen molar-refractivity contribution < 1.29 is 9.53 Å². The molecule has 1 aliphatic heterocycles. The van der Waals surface area contributed by atoms with Crippen LogP contribution in [0.3, 0.4) is 0 Å². The normalized spacial score (nSPS) is 19.5. The number of carbonyl (C=O) groups excluding carboxylic acids is 1. The Morgan fingerprint density at radius 1 is 1.56 bits per heavy atom. The van der Waals surface area contributed by atoms with Gasteiger partial charge in [0.1, 0.15) is 0 Å². The second-order valence-electron chi connectivity index (χ2n) is 4.58. The standard InChI is InChI=1S/C12H16N2O2/c1-12(2)9-14(6-7-16-12)11(15)10-4-3-5-13-8-10/h3-5,8H,6-7,9H2,1-2H3. The van der Waals surface area contributed by atoms with E-state index in [0.717, 1.165) is 0 Å². The zero-order valence-electron chi connectivity index (χ0n) is 9.64. The Bertz CT molecular complexity index is 376. The number of hydrogen-bond acceptors (Lipinski definition) is 3. The Morgan fingerprint density at radius 2 is 2.38 bits per heavy atom. The summed E-state index contributed by atoms with van der Waals surface area (Å²) in [6.07, 6.45) is 3.27. The van der Waals surface area contributed by atoms with Gasteiger partial charge in [-0.2, -0.15) is 0 Å². The van der Waals surface area contributed by atoms with Gasteiger partial charge in [0, 0.05) is 25.5 Å². The van der Waals surface area contributed by atoms with Crippen molar-refractivity contribution in [2.45, 2.75) is 19.4 Å².